The number of ketones is 1. The van der Waals surface area contributed by atoms with Crippen LogP contribution >= 0.6 is 0 Å². The fourth-order valence-electron chi connectivity index (χ4n) is 15.6. The van der Waals surface area contributed by atoms with Gasteiger partial charge in [-0.25, -0.2) is 0 Å². The quantitative estimate of drug-likeness (QED) is 0.0567. The molecule has 0 aromatic heterocycles. The predicted molar refractivity (Wildman–Crippen MR) is 320 cm³/mol. The number of benzene rings is 3. The van der Waals surface area contributed by atoms with Gasteiger partial charge in [0, 0.05) is 42.6 Å². The van der Waals surface area contributed by atoms with Crippen LogP contribution in [-0.4, -0.2) is 113 Å². The number of hydrogen-bond acceptors (Lipinski definition) is 9. The van der Waals surface area contributed by atoms with Gasteiger partial charge < -0.3 is 41.7 Å². The highest BCUT2D eigenvalue weighted by molar-refractivity contribution is 6.00. The van der Waals surface area contributed by atoms with E-state index in [9.17, 15) is 28.8 Å². The van der Waals surface area contributed by atoms with Crippen molar-refractivity contribution in [1.29, 1.82) is 0 Å². The summed E-state index contributed by atoms with van der Waals surface area (Å²) in [4.78, 5) is 119. The van der Waals surface area contributed by atoms with Crippen molar-refractivity contribution in [3.63, 3.8) is 0 Å². The first kappa shape index (κ1) is 59.3. The Balaban J connectivity index is 0.785. The van der Waals surface area contributed by atoms with Gasteiger partial charge in [-0.3, -0.25) is 38.4 Å². The summed E-state index contributed by atoms with van der Waals surface area (Å²) in [5.41, 5.74) is 5.28. The number of carbonyl (C=O) groups excluding carboxylic acids is 8. The Bertz CT molecular complexity index is 2700. The van der Waals surface area contributed by atoms with Crippen molar-refractivity contribution in [1.82, 2.24) is 41.7 Å². The minimum Gasteiger partial charge on any atom is -0.347 e. The second kappa shape index (κ2) is 26.9. The Morgan fingerprint density at radius 2 is 0.988 bits per heavy atom. The highest BCUT2D eigenvalue weighted by atomic mass is 16.2. The van der Waals surface area contributed by atoms with Crippen LogP contribution in [0.15, 0.2) is 72.8 Å². The molecule has 2 heterocycles. The topological polar surface area (TPSA) is 215 Å². The van der Waals surface area contributed by atoms with Crippen molar-refractivity contribution in [2.24, 2.45) is 35.5 Å². The molecule has 11 rings (SSSR count). The molecule has 84 heavy (non-hydrogen) atoms. The van der Waals surface area contributed by atoms with Crippen molar-refractivity contribution in [2.75, 3.05) is 20.1 Å². The Morgan fingerprint density at radius 3 is 1.51 bits per heavy atom. The summed E-state index contributed by atoms with van der Waals surface area (Å²) in [5, 5.41) is 19.4. The molecule has 450 valence electrons. The summed E-state index contributed by atoms with van der Waals surface area (Å²) in [6.45, 7) is 2.31. The van der Waals surface area contributed by atoms with Gasteiger partial charge in [-0.1, -0.05) is 106 Å². The molecule has 7 amide bonds. The van der Waals surface area contributed by atoms with Gasteiger partial charge in [-0.2, -0.15) is 0 Å². The van der Waals surface area contributed by atoms with Crippen LogP contribution in [0, 0.1) is 35.5 Å². The van der Waals surface area contributed by atoms with Crippen LogP contribution in [0.3, 0.4) is 0 Å². The van der Waals surface area contributed by atoms with Crippen LogP contribution in [0.5, 0.6) is 0 Å². The number of rotatable bonds is 21. The molecule has 0 unspecified atom stereocenters. The maximum Gasteiger partial charge on any atom is 0.251 e. The van der Waals surface area contributed by atoms with Crippen molar-refractivity contribution in [3.8, 4) is 0 Å². The van der Waals surface area contributed by atoms with Crippen molar-refractivity contribution in [3.05, 3.63) is 106 Å². The molecular formula is C68H90N8O8. The first-order valence-corrected chi connectivity index (χ1v) is 32.4. The first-order chi connectivity index (χ1) is 40.8. The van der Waals surface area contributed by atoms with Crippen LogP contribution in [0.4, 0.5) is 0 Å². The van der Waals surface area contributed by atoms with E-state index >= 15 is 9.59 Å². The lowest BCUT2D eigenvalue weighted by Crippen LogP contribution is -2.59. The maximum atomic E-state index is 15.2. The van der Waals surface area contributed by atoms with Gasteiger partial charge in [-0.05, 0) is 180 Å². The number of Topliss-reactive ketones (excluding diaryl/α,β-unsaturated/α-hetero) is 1. The van der Waals surface area contributed by atoms with Crippen LogP contribution in [-0.2, 0) is 41.6 Å². The first-order valence-electron chi connectivity index (χ1n) is 32.4. The number of likely N-dealkylation sites (N-methyl/N-ethyl adjacent to an activating group) is 1. The molecule has 0 spiro atoms. The van der Waals surface area contributed by atoms with E-state index in [0.717, 1.165) is 140 Å². The fourth-order valence-corrected chi connectivity index (χ4v) is 15.6. The number of fused-ring (bicyclic) bond motifs is 2. The second-order valence-corrected chi connectivity index (χ2v) is 26.3. The summed E-state index contributed by atoms with van der Waals surface area (Å²) < 4.78 is 0. The molecule has 6 N–H and O–H groups in total. The lowest BCUT2D eigenvalue weighted by Gasteiger charge is -2.36. The van der Waals surface area contributed by atoms with Gasteiger partial charge in [0.1, 0.15) is 24.2 Å². The largest absolute Gasteiger partial charge is 0.347 e. The SMILES string of the molecule is CC[C@H](C(=O)N[C@H](C(=O)N1C[C@@H](CC(=O)c2ccc(C(=O)N[C@H]3C[C@@H](C(=O)N[C@@H]4CCCc5ccccc54)N(C(=O)[C@@H](NC(=O)[C@@H](NC)C4CC4)C4CCCCC4)C3)cc2)C[C@H]1C(=O)N[C@@H]1CCCc2ccccc21)C1CCCCC1)C1CC1. The van der Waals surface area contributed by atoms with E-state index in [1.807, 2.05) is 31.2 Å². The minimum absolute atomic E-state index is 0.0425. The zero-order valence-electron chi connectivity index (χ0n) is 49.6. The number of carbonyl (C=O) groups is 8. The molecule has 16 heteroatoms. The van der Waals surface area contributed by atoms with Gasteiger partial charge in [0.25, 0.3) is 5.91 Å². The summed E-state index contributed by atoms with van der Waals surface area (Å²) in [5.74, 6) is -1.98. The Morgan fingerprint density at radius 1 is 0.500 bits per heavy atom. The van der Waals surface area contributed by atoms with Crippen LogP contribution in [0.2, 0.25) is 0 Å². The minimum atomic E-state index is -0.891. The van der Waals surface area contributed by atoms with E-state index in [2.05, 4.69) is 56.2 Å². The standard InChI is InChI=1S/C68H90N8O8/c1-3-51(44-28-29-44)63(79)73-60(46-18-6-4-7-19-46)67(83)75-39-41(36-56(75)64(80)71-54-26-14-22-42-16-10-12-24-52(42)54)37-58(77)45-30-34-49(35-31-45)62(78)70-50-38-57(65(81)72-55-27-15-23-43-17-11-13-25-53(43)55)76(40-50)68(84)61(47-20-8-5-9-21-47)74-66(82)59(69-2)48-32-33-48/h10-13,16-17,24-25,30-31,34-35,41,44,46-48,50-51,54-57,59-61,69H,3-9,14-15,18-23,26-29,32-33,36-40H2,1-2H3,(H,70,78)(H,71,80)(H,72,81)(H,73,79)(H,74,82)/t41-,50+,51+,54-,55-,56+,57+,59+,60+,61+/m1/s1. The van der Waals surface area contributed by atoms with Crippen molar-refractivity contribution in [2.45, 2.75) is 209 Å². The summed E-state index contributed by atoms with van der Waals surface area (Å²) in [6.07, 6.45) is 19.7. The molecule has 4 saturated carbocycles. The summed E-state index contributed by atoms with van der Waals surface area (Å²) in [6, 6.07) is 18.1. The second-order valence-electron chi connectivity index (χ2n) is 26.3. The predicted octanol–water partition coefficient (Wildman–Crippen LogP) is 8.13. The molecule has 0 bridgehead atoms. The third-order valence-electron chi connectivity index (χ3n) is 20.5. The van der Waals surface area contributed by atoms with E-state index < -0.39 is 42.2 Å². The molecule has 3 aromatic rings. The number of hydrogen-bond donors (Lipinski definition) is 6. The Labute approximate surface area is 496 Å². The summed E-state index contributed by atoms with van der Waals surface area (Å²) in [7, 11) is 1.78. The molecule has 0 radical (unpaired) electrons. The molecular weight excluding hydrogens is 1060 g/mol. The van der Waals surface area contributed by atoms with Crippen molar-refractivity contribution >= 4 is 47.1 Å². The molecule has 16 nitrogen and oxygen atoms in total. The highest BCUT2D eigenvalue weighted by Gasteiger charge is 2.49. The van der Waals surface area contributed by atoms with E-state index in [1.54, 1.807) is 41.1 Å². The average Bonchev–Trinajstić information content (AvgIpc) is 4.11. The average molecular weight is 1150 g/mol. The maximum absolute atomic E-state index is 15.2. The van der Waals surface area contributed by atoms with Gasteiger partial charge in [-0.15, -0.1) is 0 Å². The smallest absolute Gasteiger partial charge is 0.251 e. The normalized spacial score (nSPS) is 25.9. The van der Waals surface area contributed by atoms with E-state index in [-0.39, 0.29) is 109 Å². The Hall–Kier alpha value is -6.42. The lowest BCUT2D eigenvalue weighted by atomic mass is 9.82. The lowest BCUT2D eigenvalue weighted by molar-refractivity contribution is -0.144. The fraction of sp³-hybridized carbons (Fsp3) is 0.618. The van der Waals surface area contributed by atoms with E-state index in [1.165, 1.54) is 11.1 Å². The van der Waals surface area contributed by atoms with Crippen LogP contribution in [0.25, 0.3) is 0 Å². The Kier molecular flexibility index (Phi) is 19.0. The van der Waals surface area contributed by atoms with E-state index in [0.29, 0.717) is 29.9 Å². The van der Waals surface area contributed by atoms with Crippen LogP contribution < -0.4 is 31.9 Å². The molecule has 10 atom stereocenters. The molecule has 6 aliphatic carbocycles. The monoisotopic (exact) mass is 1150 g/mol. The molecule has 6 fully saturated rings. The molecule has 3 aromatic carbocycles. The zero-order chi connectivity index (χ0) is 58.4. The third kappa shape index (κ3) is 13.6. The number of aryl methyl sites for hydroxylation is 2. The molecule has 2 saturated heterocycles. The highest BCUT2D eigenvalue weighted by Crippen LogP contribution is 2.41. The molecule has 8 aliphatic rings. The zero-order valence-corrected chi connectivity index (χ0v) is 49.6. The van der Waals surface area contributed by atoms with Gasteiger partial charge in [0.2, 0.25) is 35.4 Å². The number of amides is 7. The number of likely N-dealkylation sites (tertiary alicyclic amines) is 2. The van der Waals surface area contributed by atoms with Crippen LogP contribution in [0.1, 0.15) is 203 Å². The number of nitrogens with one attached hydrogen (secondary N) is 6. The summed E-state index contributed by atoms with van der Waals surface area (Å²) >= 11 is 0. The van der Waals surface area contributed by atoms with Gasteiger partial charge >= 0.3 is 0 Å². The third-order valence-corrected chi connectivity index (χ3v) is 20.5. The van der Waals surface area contributed by atoms with Crippen molar-refractivity contribution < 1.29 is 38.4 Å². The van der Waals surface area contributed by atoms with Gasteiger partial charge in [0.15, 0.2) is 5.78 Å². The van der Waals surface area contributed by atoms with E-state index in [4.69, 9.17) is 0 Å². The van der Waals surface area contributed by atoms with Gasteiger partial charge in [0.05, 0.1) is 18.1 Å². The number of nitrogens with zero attached hydrogens (tertiary/aromatic N) is 2. The molecule has 2 aliphatic heterocycles.